The van der Waals surface area contributed by atoms with Crippen molar-refractivity contribution in [3.8, 4) is 0 Å². The minimum Gasteiger partial charge on any atom is -0.266 e. The fourth-order valence-electron chi connectivity index (χ4n) is 3.76. The Kier molecular flexibility index (Phi) is 6.08. The zero-order chi connectivity index (χ0) is 21.1. The van der Waals surface area contributed by atoms with Gasteiger partial charge in [-0.15, -0.1) is 0 Å². The molecule has 1 aromatic heterocycles. The van der Waals surface area contributed by atoms with Crippen molar-refractivity contribution in [2.75, 3.05) is 0 Å². The zero-order valence-electron chi connectivity index (χ0n) is 16.8. The molecule has 1 nitrogen and oxygen atoms in total. The highest BCUT2D eigenvalue weighted by Gasteiger charge is 2.34. The Morgan fingerprint density at radius 2 is 1.45 bits per heavy atom. The van der Waals surface area contributed by atoms with Gasteiger partial charge in [0.15, 0.2) is 0 Å². The van der Waals surface area contributed by atoms with Gasteiger partial charge in [0, 0.05) is 11.5 Å². The molecule has 29 heavy (non-hydrogen) atoms. The minimum atomic E-state index is -4.33. The van der Waals surface area contributed by atoms with Gasteiger partial charge in [-0.1, -0.05) is 68.5 Å². The second kappa shape index (κ2) is 8.37. The van der Waals surface area contributed by atoms with Crippen LogP contribution in [0.3, 0.4) is 0 Å². The van der Waals surface area contributed by atoms with Gasteiger partial charge in [0.05, 0.1) is 5.56 Å². The van der Waals surface area contributed by atoms with Crippen LogP contribution in [0.1, 0.15) is 30.0 Å². The predicted molar refractivity (Wildman–Crippen MR) is 116 cm³/mol. The molecule has 3 rings (SSSR count). The van der Waals surface area contributed by atoms with Crippen LogP contribution in [0.15, 0.2) is 79.0 Å². The van der Waals surface area contributed by atoms with Crippen LogP contribution in [0.5, 0.6) is 0 Å². The second-order valence-electron chi connectivity index (χ2n) is 7.49. The summed E-state index contributed by atoms with van der Waals surface area (Å²) in [5, 5.41) is 2.26. The lowest BCUT2D eigenvalue weighted by molar-refractivity contribution is -0.137. The summed E-state index contributed by atoms with van der Waals surface area (Å²) >= 11 is 0. The molecular formula is C24H24F3NSi. The molecule has 0 unspecified atom stereocenters. The summed E-state index contributed by atoms with van der Waals surface area (Å²) in [6, 6.07) is 21.6. The van der Waals surface area contributed by atoms with E-state index in [1.165, 1.54) is 17.3 Å². The van der Waals surface area contributed by atoms with E-state index in [1.807, 2.05) is 30.3 Å². The fourth-order valence-corrected chi connectivity index (χ4v) is 6.89. The number of benzene rings is 2. The quantitative estimate of drug-likeness (QED) is 0.341. The second-order valence-corrected chi connectivity index (χ2v) is 11.8. The van der Waals surface area contributed by atoms with Crippen LogP contribution in [0.4, 0.5) is 13.2 Å². The van der Waals surface area contributed by atoms with E-state index in [2.05, 4.69) is 43.2 Å². The lowest BCUT2D eigenvalue weighted by atomic mass is 9.99. The van der Waals surface area contributed by atoms with Crippen molar-refractivity contribution in [2.45, 2.75) is 32.6 Å². The SMILES string of the molecule is CC/C(=C(/c1ccccc1)[Si](C)(C)c1ccccn1)c1ccc(C(F)(F)F)cc1. The summed E-state index contributed by atoms with van der Waals surface area (Å²) in [4.78, 5) is 4.63. The molecule has 0 radical (unpaired) electrons. The predicted octanol–water partition coefficient (Wildman–Crippen LogP) is 6.58. The first-order valence-corrected chi connectivity index (χ1v) is 12.6. The smallest absolute Gasteiger partial charge is 0.266 e. The van der Waals surface area contributed by atoms with Gasteiger partial charge in [-0.3, -0.25) is 4.98 Å². The molecule has 0 N–H and O–H groups in total. The normalized spacial score (nSPS) is 13.2. The van der Waals surface area contributed by atoms with Crippen LogP contribution in [-0.4, -0.2) is 13.1 Å². The molecule has 150 valence electrons. The number of hydrogen-bond donors (Lipinski definition) is 0. The summed E-state index contributed by atoms with van der Waals surface area (Å²) in [7, 11) is -2.22. The van der Waals surface area contributed by atoms with Crippen molar-refractivity contribution in [3.63, 3.8) is 0 Å². The maximum atomic E-state index is 13.0. The Labute approximate surface area is 171 Å². The number of alkyl halides is 3. The van der Waals surface area contributed by atoms with Crippen LogP contribution in [0, 0.1) is 0 Å². The summed E-state index contributed by atoms with van der Waals surface area (Å²) in [5.41, 5.74) is 2.38. The van der Waals surface area contributed by atoms with Crippen LogP contribution >= 0.6 is 0 Å². The Bertz CT molecular complexity index is 976. The van der Waals surface area contributed by atoms with Gasteiger partial charge in [-0.25, -0.2) is 0 Å². The number of allylic oxidation sites excluding steroid dienone is 1. The van der Waals surface area contributed by atoms with Crippen LogP contribution in [-0.2, 0) is 6.18 Å². The lowest BCUT2D eigenvalue weighted by Gasteiger charge is -2.29. The summed E-state index contributed by atoms with van der Waals surface area (Å²) in [5.74, 6) is 0. The van der Waals surface area contributed by atoms with Gasteiger partial charge < -0.3 is 0 Å². The van der Waals surface area contributed by atoms with E-state index >= 15 is 0 Å². The average Bonchev–Trinajstić information content (AvgIpc) is 2.72. The highest BCUT2D eigenvalue weighted by atomic mass is 28.3. The van der Waals surface area contributed by atoms with Crippen molar-refractivity contribution in [3.05, 3.63) is 95.7 Å². The molecule has 0 amide bonds. The van der Waals surface area contributed by atoms with Crippen molar-refractivity contribution in [1.82, 2.24) is 4.98 Å². The lowest BCUT2D eigenvalue weighted by Crippen LogP contribution is -2.45. The monoisotopic (exact) mass is 411 g/mol. The molecule has 1 heterocycles. The van der Waals surface area contributed by atoms with E-state index in [4.69, 9.17) is 0 Å². The summed E-state index contributed by atoms with van der Waals surface area (Å²) < 4.78 is 39.1. The van der Waals surface area contributed by atoms with Gasteiger partial charge in [0.1, 0.15) is 8.07 Å². The first-order valence-electron chi connectivity index (χ1n) is 9.63. The molecule has 0 saturated heterocycles. The molecule has 5 heteroatoms. The van der Waals surface area contributed by atoms with E-state index in [1.54, 1.807) is 18.3 Å². The molecule has 0 saturated carbocycles. The topological polar surface area (TPSA) is 12.9 Å². The van der Waals surface area contributed by atoms with Crippen LogP contribution in [0.2, 0.25) is 13.1 Å². The summed E-state index contributed by atoms with van der Waals surface area (Å²) in [6.07, 6.45) is -1.81. The van der Waals surface area contributed by atoms with E-state index in [-0.39, 0.29) is 0 Å². The van der Waals surface area contributed by atoms with Gasteiger partial charge in [-0.05, 0) is 52.6 Å². The minimum absolute atomic E-state index is 0.626. The largest absolute Gasteiger partial charge is 0.416 e. The van der Waals surface area contributed by atoms with Gasteiger partial charge >= 0.3 is 6.18 Å². The molecular weight excluding hydrogens is 387 g/mol. The third-order valence-corrected chi connectivity index (χ3v) is 8.63. The van der Waals surface area contributed by atoms with E-state index in [0.29, 0.717) is 0 Å². The third kappa shape index (κ3) is 4.51. The molecule has 0 spiro atoms. The maximum absolute atomic E-state index is 13.0. The zero-order valence-corrected chi connectivity index (χ0v) is 17.8. The Morgan fingerprint density at radius 3 is 1.97 bits per heavy atom. The number of aromatic nitrogens is 1. The highest BCUT2D eigenvalue weighted by molar-refractivity contribution is 7.05. The number of hydrogen-bond acceptors (Lipinski definition) is 1. The Hall–Kier alpha value is -2.66. The number of rotatable bonds is 5. The molecule has 2 aromatic carbocycles. The third-order valence-electron chi connectivity index (χ3n) is 5.21. The fraction of sp³-hybridized carbons (Fsp3) is 0.208. The Balaban J connectivity index is 2.24. The molecule has 0 bridgehead atoms. The van der Waals surface area contributed by atoms with E-state index in [9.17, 15) is 13.2 Å². The first-order chi connectivity index (χ1) is 13.7. The van der Waals surface area contributed by atoms with Crippen LogP contribution < -0.4 is 5.32 Å². The molecule has 0 atom stereocenters. The van der Waals surface area contributed by atoms with Crippen LogP contribution in [0.25, 0.3) is 10.8 Å². The van der Waals surface area contributed by atoms with Crippen molar-refractivity contribution in [2.24, 2.45) is 0 Å². The van der Waals surface area contributed by atoms with Crippen molar-refractivity contribution in [1.29, 1.82) is 0 Å². The van der Waals surface area contributed by atoms with Gasteiger partial charge in [-0.2, -0.15) is 13.2 Å². The van der Waals surface area contributed by atoms with E-state index < -0.39 is 19.8 Å². The van der Waals surface area contributed by atoms with Gasteiger partial charge in [0.2, 0.25) is 0 Å². The van der Waals surface area contributed by atoms with Gasteiger partial charge in [0.25, 0.3) is 0 Å². The van der Waals surface area contributed by atoms with Crippen molar-refractivity contribution < 1.29 is 13.2 Å². The number of halogens is 3. The summed E-state index contributed by atoms with van der Waals surface area (Å²) in [6.45, 7) is 6.55. The molecule has 0 aliphatic carbocycles. The highest BCUT2D eigenvalue weighted by Crippen LogP contribution is 2.37. The Morgan fingerprint density at radius 1 is 0.828 bits per heavy atom. The standard InChI is InChI=1S/C24H24F3NSi/c1-4-21(18-13-15-20(16-14-18)24(25,26)27)23(19-10-6-5-7-11-19)29(2,3)22-12-8-9-17-28-22/h5-17H,4H2,1-3H3/b23-21+. The maximum Gasteiger partial charge on any atom is 0.416 e. The average molecular weight is 412 g/mol. The number of pyridine rings is 1. The van der Waals surface area contributed by atoms with E-state index in [0.717, 1.165) is 28.4 Å². The first kappa shape index (κ1) is 21.1. The molecule has 0 fully saturated rings. The molecule has 0 aliphatic heterocycles. The molecule has 0 aliphatic rings. The molecule has 3 aromatic rings. The number of nitrogens with zero attached hydrogens (tertiary/aromatic N) is 1. The van der Waals surface area contributed by atoms with Crippen molar-refractivity contribution >= 4 is 24.2 Å².